The van der Waals surface area contributed by atoms with Crippen molar-refractivity contribution in [2.45, 2.75) is 37.9 Å². The highest BCUT2D eigenvalue weighted by molar-refractivity contribution is 5.82. The zero-order valence-electron chi connectivity index (χ0n) is 10.8. The van der Waals surface area contributed by atoms with E-state index in [4.69, 9.17) is 0 Å². The first-order valence-corrected chi connectivity index (χ1v) is 6.17. The van der Waals surface area contributed by atoms with Crippen LogP contribution >= 0.6 is 0 Å². The Labute approximate surface area is 113 Å². The van der Waals surface area contributed by atoms with Crippen molar-refractivity contribution in [3.63, 3.8) is 0 Å². The van der Waals surface area contributed by atoms with E-state index in [-0.39, 0.29) is 5.82 Å². The lowest BCUT2D eigenvalue weighted by Gasteiger charge is -2.42. The Balaban J connectivity index is 2.32. The van der Waals surface area contributed by atoms with Crippen molar-refractivity contribution in [1.29, 1.82) is 0 Å². The molecule has 1 N–H and O–H groups in total. The first-order chi connectivity index (χ1) is 9.25. The Kier molecular flexibility index (Phi) is 3.58. The molecule has 2 heterocycles. The molecule has 1 fully saturated rings. The molecule has 0 radical (unpaired) electrons. The maximum Gasteiger partial charge on any atom is 0.435 e. The number of aliphatic carboxylic acids is 1. The molecule has 1 aliphatic rings. The van der Waals surface area contributed by atoms with Crippen molar-refractivity contribution in [3.8, 4) is 0 Å². The van der Waals surface area contributed by atoms with Gasteiger partial charge in [-0.25, -0.2) is 4.79 Å². The highest BCUT2D eigenvalue weighted by atomic mass is 19.4. The summed E-state index contributed by atoms with van der Waals surface area (Å²) in [4.78, 5) is 12.9. The van der Waals surface area contributed by atoms with Gasteiger partial charge in [0.05, 0.1) is 0 Å². The molecule has 0 amide bonds. The molecule has 8 heteroatoms. The van der Waals surface area contributed by atoms with Crippen LogP contribution < -0.4 is 4.90 Å². The third kappa shape index (κ3) is 2.54. The lowest BCUT2D eigenvalue weighted by atomic mass is 9.88. The summed E-state index contributed by atoms with van der Waals surface area (Å²) < 4.78 is 37.3. The van der Waals surface area contributed by atoms with Gasteiger partial charge in [0.1, 0.15) is 5.54 Å². The molecule has 0 bridgehead atoms. The Bertz CT molecular complexity index is 504. The molecule has 1 aliphatic heterocycles. The second-order valence-electron chi connectivity index (χ2n) is 4.96. The van der Waals surface area contributed by atoms with Crippen LogP contribution in [0.4, 0.5) is 19.0 Å². The van der Waals surface area contributed by atoms with E-state index in [9.17, 15) is 23.1 Å². The molecule has 1 atom stereocenters. The van der Waals surface area contributed by atoms with Crippen LogP contribution in [-0.4, -0.2) is 33.4 Å². The number of nitrogens with zero attached hydrogens (tertiary/aromatic N) is 3. The largest absolute Gasteiger partial charge is 0.480 e. The van der Waals surface area contributed by atoms with E-state index in [1.807, 2.05) is 0 Å². The van der Waals surface area contributed by atoms with Gasteiger partial charge in [0, 0.05) is 6.54 Å². The van der Waals surface area contributed by atoms with Crippen molar-refractivity contribution in [3.05, 3.63) is 17.8 Å². The zero-order valence-corrected chi connectivity index (χ0v) is 10.8. The first-order valence-electron chi connectivity index (χ1n) is 6.17. The molecule has 0 saturated carbocycles. The van der Waals surface area contributed by atoms with Gasteiger partial charge in [-0.15, -0.1) is 10.2 Å². The Hall–Kier alpha value is -1.86. The van der Waals surface area contributed by atoms with Gasteiger partial charge >= 0.3 is 12.1 Å². The Morgan fingerprint density at radius 1 is 1.35 bits per heavy atom. The SMILES string of the molecule is CC1(C(=O)O)CCCCN1c1ccc(C(F)(F)F)nn1. The molecule has 0 spiro atoms. The van der Waals surface area contributed by atoms with Crippen molar-refractivity contribution < 1.29 is 23.1 Å². The van der Waals surface area contributed by atoms with Crippen LogP contribution in [0.1, 0.15) is 31.9 Å². The van der Waals surface area contributed by atoms with Gasteiger partial charge in [-0.3, -0.25) is 0 Å². The van der Waals surface area contributed by atoms with Crippen LogP contribution in [0.5, 0.6) is 0 Å². The third-order valence-electron chi connectivity index (χ3n) is 3.57. The highest BCUT2D eigenvalue weighted by Crippen LogP contribution is 2.33. The summed E-state index contributed by atoms with van der Waals surface area (Å²) in [5, 5.41) is 16.0. The first kappa shape index (κ1) is 14.5. The second-order valence-corrected chi connectivity index (χ2v) is 4.96. The Morgan fingerprint density at radius 2 is 2.05 bits per heavy atom. The van der Waals surface area contributed by atoms with Crippen LogP contribution in [-0.2, 0) is 11.0 Å². The monoisotopic (exact) mass is 289 g/mol. The summed E-state index contributed by atoms with van der Waals surface area (Å²) in [6.45, 7) is 1.98. The number of carboxylic acid groups (broad SMARTS) is 1. The predicted molar refractivity (Wildman–Crippen MR) is 64.3 cm³/mol. The van der Waals surface area contributed by atoms with Crippen LogP contribution in [0.15, 0.2) is 12.1 Å². The molecular formula is C12H14F3N3O2. The number of carbonyl (C=O) groups is 1. The predicted octanol–water partition coefficient (Wildman–Crippen LogP) is 2.33. The highest BCUT2D eigenvalue weighted by Gasteiger charge is 2.42. The second kappa shape index (κ2) is 4.92. The molecular weight excluding hydrogens is 275 g/mol. The van der Waals surface area contributed by atoms with E-state index in [0.29, 0.717) is 13.0 Å². The number of rotatable bonds is 2. The fraction of sp³-hybridized carbons (Fsp3) is 0.583. The molecule has 0 aromatic carbocycles. The lowest BCUT2D eigenvalue weighted by molar-refractivity contribution is -0.144. The molecule has 110 valence electrons. The fourth-order valence-electron chi connectivity index (χ4n) is 2.33. The topological polar surface area (TPSA) is 66.3 Å². The van der Waals surface area contributed by atoms with E-state index in [1.165, 1.54) is 11.0 Å². The van der Waals surface area contributed by atoms with E-state index in [2.05, 4.69) is 10.2 Å². The summed E-state index contributed by atoms with van der Waals surface area (Å²) in [5.41, 5.74) is -2.25. The standard InChI is InChI=1S/C12H14F3N3O2/c1-11(10(19)20)6-2-3-7-18(11)9-5-4-8(16-17-9)12(13,14)15/h4-5H,2-3,6-7H2,1H3,(H,19,20). The van der Waals surface area contributed by atoms with Crippen molar-refractivity contribution in [1.82, 2.24) is 10.2 Å². The number of alkyl halides is 3. The van der Waals surface area contributed by atoms with Crippen molar-refractivity contribution in [2.24, 2.45) is 0 Å². The maximum atomic E-state index is 12.4. The number of aromatic nitrogens is 2. The van der Waals surface area contributed by atoms with Crippen LogP contribution in [0, 0.1) is 0 Å². The van der Waals surface area contributed by atoms with Crippen LogP contribution in [0.25, 0.3) is 0 Å². The average Bonchev–Trinajstić information content (AvgIpc) is 2.38. The molecule has 1 saturated heterocycles. The average molecular weight is 289 g/mol. The van der Waals surface area contributed by atoms with Crippen molar-refractivity contribution >= 4 is 11.8 Å². The quantitative estimate of drug-likeness (QED) is 0.905. The summed E-state index contributed by atoms with van der Waals surface area (Å²) >= 11 is 0. The van der Waals surface area contributed by atoms with Gasteiger partial charge < -0.3 is 10.0 Å². The molecule has 1 aromatic heterocycles. The number of halogens is 3. The molecule has 0 aliphatic carbocycles. The molecule has 5 nitrogen and oxygen atoms in total. The minimum absolute atomic E-state index is 0.155. The third-order valence-corrected chi connectivity index (χ3v) is 3.57. The van der Waals surface area contributed by atoms with Gasteiger partial charge in [-0.2, -0.15) is 13.2 Å². The van der Waals surface area contributed by atoms with Gasteiger partial charge in [0.15, 0.2) is 11.5 Å². The number of piperidine rings is 1. The van der Waals surface area contributed by atoms with Crippen LogP contribution in [0.2, 0.25) is 0 Å². The fourth-order valence-corrected chi connectivity index (χ4v) is 2.33. The van der Waals surface area contributed by atoms with Gasteiger partial charge in [-0.1, -0.05) is 0 Å². The lowest BCUT2D eigenvalue weighted by Crippen LogP contribution is -2.55. The van der Waals surface area contributed by atoms with Gasteiger partial charge in [-0.05, 0) is 38.3 Å². The summed E-state index contributed by atoms with van der Waals surface area (Å²) in [6, 6.07) is 1.99. The van der Waals surface area contributed by atoms with E-state index in [0.717, 1.165) is 18.9 Å². The summed E-state index contributed by atoms with van der Waals surface area (Å²) in [6.07, 6.45) is -2.60. The number of hydrogen-bond donors (Lipinski definition) is 1. The minimum atomic E-state index is -4.55. The van der Waals surface area contributed by atoms with Gasteiger partial charge in [0.25, 0.3) is 0 Å². The van der Waals surface area contributed by atoms with Gasteiger partial charge in [0.2, 0.25) is 0 Å². The van der Waals surface area contributed by atoms with E-state index < -0.39 is 23.4 Å². The van der Waals surface area contributed by atoms with E-state index >= 15 is 0 Å². The minimum Gasteiger partial charge on any atom is -0.480 e. The molecule has 1 aromatic rings. The zero-order chi connectivity index (χ0) is 15.0. The van der Waals surface area contributed by atoms with Crippen LogP contribution in [0.3, 0.4) is 0 Å². The molecule has 2 rings (SSSR count). The smallest absolute Gasteiger partial charge is 0.435 e. The van der Waals surface area contributed by atoms with Crippen molar-refractivity contribution in [2.75, 3.05) is 11.4 Å². The normalized spacial score (nSPS) is 23.7. The summed E-state index contributed by atoms with van der Waals surface area (Å²) in [5.74, 6) is -0.860. The summed E-state index contributed by atoms with van der Waals surface area (Å²) in [7, 11) is 0. The Morgan fingerprint density at radius 3 is 2.55 bits per heavy atom. The number of hydrogen-bond acceptors (Lipinski definition) is 4. The number of carboxylic acids is 1. The number of anilines is 1. The molecule has 20 heavy (non-hydrogen) atoms. The van der Waals surface area contributed by atoms with E-state index in [1.54, 1.807) is 6.92 Å². The molecule has 1 unspecified atom stereocenters. The maximum absolute atomic E-state index is 12.4.